The summed E-state index contributed by atoms with van der Waals surface area (Å²) < 4.78 is 24.0. The van der Waals surface area contributed by atoms with Crippen LogP contribution in [0.2, 0.25) is 0 Å². The van der Waals surface area contributed by atoms with Crippen LogP contribution < -0.4 is 0 Å². The molecule has 0 radical (unpaired) electrons. The topological polar surface area (TPSA) is 98.5 Å². The number of epoxide rings is 1. The predicted octanol–water partition coefficient (Wildman–Crippen LogP) is 4.35. The molecule has 190 valence electrons. The van der Waals surface area contributed by atoms with Crippen molar-refractivity contribution in [2.75, 3.05) is 0 Å². The van der Waals surface area contributed by atoms with Crippen LogP contribution in [0.15, 0.2) is 35.2 Å². The van der Waals surface area contributed by atoms with Gasteiger partial charge in [0.1, 0.15) is 17.8 Å². The van der Waals surface area contributed by atoms with Crippen LogP contribution in [0.5, 0.6) is 0 Å². The summed E-state index contributed by atoms with van der Waals surface area (Å²) in [6.07, 6.45) is 7.38. The number of hydrogen-bond acceptors (Lipinski definition) is 7. The van der Waals surface area contributed by atoms with Crippen molar-refractivity contribution < 1.29 is 33.3 Å². The molecule has 7 heteroatoms. The molecule has 5 aliphatic rings. The van der Waals surface area contributed by atoms with Gasteiger partial charge in [-0.3, -0.25) is 4.79 Å². The Morgan fingerprint density at radius 1 is 1.14 bits per heavy atom. The monoisotopic (exact) mass is 484 g/mol. The molecular weight excluding hydrogens is 448 g/mol. The fourth-order valence-corrected chi connectivity index (χ4v) is 9.34. The lowest BCUT2D eigenvalue weighted by Crippen LogP contribution is -2.72. The molecule has 10 atom stereocenters. The van der Waals surface area contributed by atoms with Crippen molar-refractivity contribution in [1.29, 1.82) is 0 Å². The average molecular weight is 485 g/mol. The molecule has 4 fully saturated rings. The van der Waals surface area contributed by atoms with Gasteiger partial charge < -0.3 is 23.7 Å². The zero-order valence-electron chi connectivity index (χ0n) is 21.4. The van der Waals surface area contributed by atoms with E-state index in [0.717, 1.165) is 18.4 Å². The largest absolute Gasteiger partial charge is 0.472 e. The van der Waals surface area contributed by atoms with Gasteiger partial charge in [-0.1, -0.05) is 46.8 Å². The minimum absolute atomic E-state index is 0.0788. The highest BCUT2D eigenvalue weighted by Crippen LogP contribution is 2.79. The summed E-state index contributed by atoms with van der Waals surface area (Å²) in [5, 5.41) is 10.9. The lowest BCUT2D eigenvalue weighted by atomic mass is 9.35. The Hall–Kier alpha value is -2.12. The number of furan rings is 1. The Labute approximate surface area is 206 Å². The molecule has 1 spiro atoms. The van der Waals surface area contributed by atoms with Gasteiger partial charge in [-0.2, -0.15) is 0 Å². The second kappa shape index (κ2) is 6.80. The molecular formula is C28H36O7. The fraction of sp³-hybridized carbons (Fsp3) is 0.714. The van der Waals surface area contributed by atoms with Crippen LogP contribution in [-0.4, -0.2) is 41.0 Å². The van der Waals surface area contributed by atoms with Gasteiger partial charge >= 0.3 is 11.9 Å². The third-order valence-corrected chi connectivity index (χ3v) is 11.0. The quantitative estimate of drug-likeness (QED) is 0.378. The first-order valence-electron chi connectivity index (χ1n) is 12.8. The molecule has 6 rings (SSSR count). The van der Waals surface area contributed by atoms with Crippen LogP contribution >= 0.6 is 0 Å². The number of carbonyl (C=O) groups is 2. The highest BCUT2D eigenvalue weighted by atomic mass is 16.7. The lowest BCUT2D eigenvalue weighted by Gasteiger charge is -2.69. The number of carbonyl (C=O) groups excluding carboxylic acids is 2. The highest BCUT2D eigenvalue weighted by Gasteiger charge is 2.88. The molecule has 0 bridgehead atoms. The maximum atomic E-state index is 13.3. The van der Waals surface area contributed by atoms with E-state index in [-0.39, 0.29) is 29.2 Å². The average Bonchev–Trinajstić information content (AvgIpc) is 3.35. The number of esters is 2. The van der Waals surface area contributed by atoms with Gasteiger partial charge in [-0.15, -0.1) is 0 Å². The van der Waals surface area contributed by atoms with Crippen LogP contribution in [0.4, 0.5) is 0 Å². The van der Waals surface area contributed by atoms with E-state index in [4.69, 9.17) is 18.6 Å². The van der Waals surface area contributed by atoms with Gasteiger partial charge in [0.25, 0.3) is 0 Å². The molecule has 2 aliphatic heterocycles. The second-order valence-electron chi connectivity index (χ2n) is 12.8. The van der Waals surface area contributed by atoms with E-state index in [2.05, 4.69) is 40.7 Å². The molecule has 2 saturated heterocycles. The van der Waals surface area contributed by atoms with E-state index in [0.29, 0.717) is 6.42 Å². The molecule has 35 heavy (non-hydrogen) atoms. The van der Waals surface area contributed by atoms with Crippen molar-refractivity contribution in [3.63, 3.8) is 0 Å². The number of hydrogen-bond donors (Lipinski definition) is 1. The van der Waals surface area contributed by atoms with E-state index < -0.39 is 46.3 Å². The molecule has 0 aromatic carbocycles. The van der Waals surface area contributed by atoms with Crippen molar-refractivity contribution in [3.8, 4) is 0 Å². The van der Waals surface area contributed by atoms with E-state index >= 15 is 0 Å². The summed E-state index contributed by atoms with van der Waals surface area (Å²) in [6.45, 7) is 12.3. The van der Waals surface area contributed by atoms with Crippen LogP contribution in [0.25, 0.3) is 0 Å². The number of aliphatic hydroxyl groups is 1. The molecule has 0 amide bonds. The Balaban J connectivity index is 1.55. The third kappa shape index (κ3) is 2.54. The summed E-state index contributed by atoms with van der Waals surface area (Å²) in [5.74, 6) is -0.529. The molecule has 1 aromatic rings. The van der Waals surface area contributed by atoms with Gasteiger partial charge in [0.15, 0.2) is 6.10 Å². The summed E-state index contributed by atoms with van der Waals surface area (Å²) in [6, 6.07) is 1.85. The van der Waals surface area contributed by atoms with Crippen molar-refractivity contribution in [2.24, 2.45) is 33.5 Å². The Bertz CT molecular complexity index is 1110. The standard InChI is InChI=1S/C28H36O7/c1-15(29)33-20-13-18-24(2,3)19(30)8-10-25(18,4)17-7-11-26(5)21(16-9-12-32-14-16)34-23(31)22-28(26,35-22)27(17,20)6/h8-10,12,14,17-22,30H,7,11,13H2,1-6H3/t17-,18+,19?,20-,21+,22-,25-,26+,27+,28-/m1/s1. The van der Waals surface area contributed by atoms with Crippen molar-refractivity contribution >= 4 is 11.9 Å². The van der Waals surface area contributed by atoms with Crippen molar-refractivity contribution in [3.05, 3.63) is 36.3 Å². The molecule has 3 heterocycles. The van der Waals surface area contributed by atoms with Crippen molar-refractivity contribution in [2.45, 2.75) is 90.8 Å². The predicted molar refractivity (Wildman–Crippen MR) is 125 cm³/mol. The van der Waals surface area contributed by atoms with E-state index in [1.54, 1.807) is 12.5 Å². The van der Waals surface area contributed by atoms with E-state index in [1.165, 1.54) is 6.92 Å². The Kier molecular flexibility index (Phi) is 4.52. The van der Waals surface area contributed by atoms with Crippen LogP contribution in [0, 0.1) is 33.5 Å². The van der Waals surface area contributed by atoms with Crippen LogP contribution in [-0.2, 0) is 23.8 Å². The number of rotatable bonds is 2. The third-order valence-electron chi connectivity index (χ3n) is 11.0. The minimum Gasteiger partial charge on any atom is -0.472 e. The van der Waals surface area contributed by atoms with Gasteiger partial charge in [0.05, 0.1) is 18.6 Å². The summed E-state index contributed by atoms with van der Waals surface area (Å²) in [4.78, 5) is 25.7. The van der Waals surface area contributed by atoms with Gasteiger partial charge in [0, 0.05) is 23.3 Å². The van der Waals surface area contributed by atoms with Crippen LogP contribution in [0.3, 0.4) is 0 Å². The fourth-order valence-electron chi connectivity index (χ4n) is 9.34. The molecule has 3 aliphatic carbocycles. The van der Waals surface area contributed by atoms with Crippen LogP contribution in [0.1, 0.15) is 72.5 Å². The Morgan fingerprint density at radius 2 is 1.89 bits per heavy atom. The smallest absolute Gasteiger partial charge is 0.339 e. The molecule has 7 nitrogen and oxygen atoms in total. The number of fused-ring (bicyclic) bond motifs is 3. The SMILES string of the molecule is CC(=O)O[C@@H]1C[C@H]2C(C)(C)C(O)C=C[C@]2(C)[C@H]2CC[C@@]3(C)[C@H](c4ccoc4)OC(=O)[C@H]4O[C@]43[C@@]21C. The van der Waals surface area contributed by atoms with E-state index in [1.807, 2.05) is 12.1 Å². The summed E-state index contributed by atoms with van der Waals surface area (Å²) in [5.41, 5.74) is -1.81. The highest BCUT2D eigenvalue weighted by molar-refractivity contribution is 5.82. The first kappa shape index (κ1) is 23.3. The van der Waals surface area contributed by atoms with Gasteiger partial charge in [0.2, 0.25) is 0 Å². The number of cyclic esters (lactones) is 1. The molecule has 1 aromatic heterocycles. The zero-order valence-corrected chi connectivity index (χ0v) is 21.4. The lowest BCUT2D eigenvalue weighted by molar-refractivity contribution is -0.257. The molecule has 1 N–H and O–H groups in total. The number of ether oxygens (including phenoxy) is 3. The number of allylic oxidation sites excluding steroid dienone is 1. The molecule has 1 unspecified atom stereocenters. The van der Waals surface area contributed by atoms with Gasteiger partial charge in [-0.25, -0.2) is 4.79 Å². The van der Waals surface area contributed by atoms with Gasteiger partial charge in [-0.05, 0) is 48.0 Å². The zero-order chi connectivity index (χ0) is 25.2. The maximum absolute atomic E-state index is 13.3. The number of aliphatic hydroxyl groups excluding tert-OH is 1. The molecule has 2 saturated carbocycles. The van der Waals surface area contributed by atoms with E-state index in [9.17, 15) is 14.7 Å². The minimum atomic E-state index is -0.831. The first-order valence-corrected chi connectivity index (χ1v) is 12.8. The second-order valence-corrected chi connectivity index (χ2v) is 12.8. The summed E-state index contributed by atoms with van der Waals surface area (Å²) >= 11 is 0. The Morgan fingerprint density at radius 3 is 2.54 bits per heavy atom. The normalized spacial score (nSPS) is 51.2. The summed E-state index contributed by atoms with van der Waals surface area (Å²) in [7, 11) is 0. The first-order chi connectivity index (χ1) is 16.3. The van der Waals surface area contributed by atoms with Crippen molar-refractivity contribution in [1.82, 2.24) is 0 Å². The maximum Gasteiger partial charge on any atom is 0.339 e.